The first-order valence-electron chi connectivity index (χ1n) is 6.87. The van der Waals surface area contributed by atoms with Gasteiger partial charge in [0.05, 0.1) is 17.6 Å². The van der Waals surface area contributed by atoms with Crippen LogP contribution in [0, 0.1) is 0 Å². The van der Waals surface area contributed by atoms with E-state index in [0.717, 1.165) is 29.8 Å². The molecule has 4 rings (SSSR count). The van der Waals surface area contributed by atoms with Gasteiger partial charge in [-0.3, -0.25) is 4.68 Å². The van der Waals surface area contributed by atoms with Crippen LogP contribution in [0.3, 0.4) is 0 Å². The van der Waals surface area contributed by atoms with Gasteiger partial charge in [-0.05, 0) is 25.0 Å². The molecule has 20 heavy (non-hydrogen) atoms. The van der Waals surface area contributed by atoms with Crippen molar-refractivity contribution in [1.29, 1.82) is 0 Å². The number of H-pyrrole nitrogens is 1. The largest absolute Gasteiger partial charge is 0.363 e. The third-order valence-electron chi connectivity index (χ3n) is 4.01. The van der Waals surface area contributed by atoms with Gasteiger partial charge < -0.3 is 9.88 Å². The summed E-state index contributed by atoms with van der Waals surface area (Å²) in [5.74, 6) is 0.986. The van der Waals surface area contributed by atoms with Crippen LogP contribution in [0.2, 0.25) is 0 Å². The quantitative estimate of drug-likeness (QED) is 0.772. The molecule has 0 saturated carbocycles. The van der Waals surface area contributed by atoms with Gasteiger partial charge in [-0.15, -0.1) is 0 Å². The van der Waals surface area contributed by atoms with Crippen LogP contribution in [0.1, 0.15) is 24.6 Å². The summed E-state index contributed by atoms with van der Waals surface area (Å²) >= 11 is 0. The summed E-state index contributed by atoms with van der Waals surface area (Å²) in [4.78, 5) is 14.5. The predicted molar refractivity (Wildman–Crippen MR) is 76.4 cm³/mol. The zero-order valence-electron chi connectivity index (χ0n) is 11.3. The van der Waals surface area contributed by atoms with Crippen molar-refractivity contribution < 1.29 is 0 Å². The molecule has 1 N–H and O–H groups in total. The number of fused-ring (bicyclic) bond motifs is 1. The fourth-order valence-electron chi connectivity index (χ4n) is 3.07. The monoisotopic (exact) mass is 268 g/mol. The Bertz CT molecular complexity index is 729. The molecule has 1 aliphatic heterocycles. The molecule has 6 heteroatoms. The first kappa shape index (κ1) is 11.5. The zero-order chi connectivity index (χ0) is 13.5. The Hall–Kier alpha value is -2.37. The maximum atomic E-state index is 4.51. The first-order chi connectivity index (χ1) is 9.84. The van der Waals surface area contributed by atoms with Crippen LogP contribution in [0.15, 0.2) is 30.9 Å². The predicted octanol–water partition coefficient (Wildman–Crippen LogP) is 2.03. The lowest BCUT2D eigenvalue weighted by Gasteiger charge is -2.25. The molecule has 1 aliphatic rings. The van der Waals surface area contributed by atoms with Crippen molar-refractivity contribution in [3.8, 4) is 0 Å². The molecule has 1 fully saturated rings. The van der Waals surface area contributed by atoms with E-state index in [-0.39, 0.29) is 0 Å². The lowest BCUT2D eigenvalue weighted by molar-refractivity contribution is 0.694. The lowest BCUT2D eigenvalue weighted by Crippen LogP contribution is -2.24. The van der Waals surface area contributed by atoms with Crippen molar-refractivity contribution in [2.45, 2.75) is 18.9 Å². The number of hydrogen-bond acceptors (Lipinski definition) is 4. The normalized spacial score (nSPS) is 19.1. The molecular weight excluding hydrogens is 252 g/mol. The topological polar surface area (TPSA) is 62.6 Å². The molecule has 102 valence electrons. The van der Waals surface area contributed by atoms with Gasteiger partial charge in [0.1, 0.15) is 12.1 Å². The van der Waals surface area contributed by atoms with E-state index in [1.54, 1.807) is 11.0 Å². The van der Waals surface area contributed by atoms with Gasteiger partial charge in [-0.1, -0.05) is 0 Å². The average Bonchev–Trinajstić information content (AvgIpc) is 3.18. The molecule has 6 nitrogen and oxygen atoms in total. The van der Waals surface area contributed by atoms with Crippen LogP contribution >= 0.6 is 0 Å². The number of rotatable bonds is 2. The number of anilines is 1. The summed E-state index contributed by atoms with van der Waals surface area (Å²) in [5, 5.41) is 5.32. The SMILES string of the molecule is Cn1ncc2c(N3CCC[C@H]3c3ccc[nH]3)ncnc21. The van der Waals surface area contributed by atoms with Gasteiger partial charge >= 0.3 is 0 Å². The minimum atomic E-state index is 0.364. The second-order valence-corrected chi connectivity index (χ2v) is 5.18. The third kappa shape index (κ3) is 1.61. The lowest BCUT2D eigenvalue weighted by atomic mass is 10.1. The van der Waals surface area contributed by atoms with Gasteiger partial charge in [-0.2, -0.15) is 5.10 Å². The van der Waals surface area contributed by atoms with Crippen LogP contribution in [0.4, 0.5) is 5.82 Å². The maximum absolute atomic E-state index is 4.51. The summed E-state index contributed by atoms with van der Waals surface area (Å²) < 4.78 is 1.79. The van der Waals surface area contributed by atoms with Crippen LogP contribution in [0.5, 0.6) is 0 Å². The molecule has 1 atom stereocenters. The Kier molecular flexibility index (Phi) is 2.48. The zero-order valence-corrected chi connectivity index (χ0v) is 11.3. The molecule has 1 saturated heterocycles. The first-order valence-corrected chi connectivity index (χ1v) is 6.87. The highest BCUT2D eigenvalue weighted by Gasteiger charge is 2.29. The van der Waals surface area contributed by atoms with Gasteiger partial charge in [0.25, 0.3) is 0 Å². The Morgan fingerprint density at radius 3 is 3.15 bits per heavy atom. The van der Waals surface area contributed by atoms with Crippen molar-refractivity contribution in [3.05, 3.63) is 36.5 Å². The number of hydrogen-bond donors (Lipinski definition) is 1. The van der Waals surface area contributed by atoms with Gasteiger partial charge in [-0.25, -0.2) is 9.97 Å². The molecule has 3 aromatic rings. The molecule has 0 radical (unpaired) electrons. The average molecular weight is 268 g/mol. The summed E-state index contributed by atoms with van der Waals surface area (Å²) in [6.07, 6.45) is 7.78. The van der Waals surface area contributed by atoms with E-state index in [4.69, 9.17) is 0 Å². The Balaban J connectivity index is 1.82. The second-order valence-electron chi connectivity index (χ2n) is 5.18. The molecular formula is C14H16N6. The summed E-state index contributed by atoms with van der Waals surface area (Å²) in [5.41, 5.74) is 2.13. The van der Waals surface area contributed by atoms with E-state index in [1.165, 1.54) is 12.1 Å². The second kappa shape index (κ2) is 4.33. The van der Waals surface area contributed by atoms with Crippen molar-refractivity contribution >= 4 is 16.9 Å². The van der Waals surface area contributed by atoms with Gasteiger partial charge in [0.15, 0.2) is 5.65 Å². The maximum Gasteiger partial charge on any atom is 0.163 e. The number of aryl methyl sites for hydroxylation is 1. The minimum Gasteiger partial charge on any atom is -0.363 e. The third-order valence-corrected chi connectivity index (χ3v) is 4.01. The van der Waals surface area contributed by atoms with E-state index >= 15 is 0 Å². The fourth-order valence-corrected chi connectivity index (χ4v) is 3.07. The Morgan fingerprint density at radius 2 is 2.30 bits per heavy atom. The number of aromatic nitrogens is 5. The highest BCUT2D eigenvalue weighted by atomic mass is 15.3. The molecule has 0 bridgehead atoms. The van der Waals surface area contributed by atoms with E-state index in [9.17, 15) is 0 Å². The van der Waals surface area contributed by atoms with E-state index in [1.807, 2.05) is 25.5 Å². The number of nitrogens with one attached hydrogen (secondary N) is 1. The fraction of sp³-hybridized carbons (Fsp3) is 0.357. The van der Waals surface area contributed by atoms with Crippen molar-refractivity contribution in [2.75, 3.05) is 11.4 Å². The van der Waals surface area contributed by atoms with Gasteiger partial charge in [0, 0.05) is 25.5 Å². The van der Waals surface area contributed by atoms with Crippen LogP contribution < -0.4 is 4.90 Å². The highest BCUT2D eigenvalue weighted by molar-refractivity contribution is 5.86. The number of nitrogens with zero attached hydrogens (tertiary/aromatic N) is 5. The van der Waals surface area contributed by atoms with Crippen LogP contribution in [0.25, 0.3) is 11.0 Å². The summed E-state index contributed by atoms with van der Waals surface area (Å²) in [6, 6.07) is 4.55. The smallest absolute Gasteiger partial charge is 0.163 e. The molecule has 4 heterocycles. The number of aromatic amines is 1. The molecule has 0 aliphatic carbocycles. The van der Waals surface area contributed by atoms with E-state index in [0.29, 0.717) is 6.04 Å². The van der Waals surface area contributed by atoms with Crippen LogP contribution in [-0.4, -0.2) is 31.3 Å². The van der Waals surface area contributed by atoms with Crippen LogP contribution in [-0.2, 0) is 7.05 Å². The Morgan fingerprint density at radius 1 is 1.35 bits per heavy atom. The minimum absolute atomic E-state index is 0.364. The molecule has 0 spiro atoms. The Labute approximate surface area is 116 Å². The molecule has 0 unspecified atom stereocenters. The van der Waals surface area contributed by atoms with E-state index < -0.39 is 0 Å². The van der Waals surface area contributed by atoms with Crippen molar-refractivity contribution in [2.24, 2.45) is 7.05 Å². The van der Waals surface area contributed by atoms with Crippen molar-refractivity contribution in [3.63, 3.8) is 0 Å². The van der Waals surface area contributed by atoms with Gasteiger partial charge in [0.2, 0.25) is 0 Å². The molecule has 0 amide bonds. The van der Waals surface area contributed by atoms with Crippen molar-refractivity contribution in [1.82, 2.24) is 24.7 Å². The molecule has 0 aromatic carbocycles. The van der Waals surface area contributed by atoms with E-state index in [2.05, 4.69) is 31.0 Å². The standard InChI is InChI=1S/C14H16N6/c1-19-13-10(8-18-19)14(17-9-16-13)20-7-3-5-12(20)11-4-2-6-15-11/h2,4,6,8-9,12,15H,3,5,7H2,1H3/t12-/m0/s1. The highest BCUT2D eigenvalue weighted by Crippen LogP contribution is 2.36. The summed E-state index contributed by atoms with van der Waals surface area (Å²) in [7, 11) is 1.91. The molecule has 3 aromatic heterocycles. The summed E-state index contributed by atoms with van der Waals surface area (Å²) in [6.45, 7) is 1.02.